The number of hydrogen-bond acceptors (Lipinski definition) is 1. The van der Waals surface area contributed by atoms with Crippen molar-refractivity contribution in [1.29, 1.82) is 0 Å². The Morgan fingerprint density at radius 3 is 2.70 bits per heavy atom. The fraction of sp³-hybridized carbons (Fsp3) is 0.905. The summed E-state index contributed by atoms with van der Waals surface area (Å²) in [6.45, 7) is 10.3. The zero-order chi connectivity index (χ0) is 16.7. The molecule has 1 nitrogen and oxygen atoms in total. The van der Waals surface area contributed by atoms with E-state index in [1.165, 1.54) is 57.3 Å². The Balaban J connectivity index is 2.02. The van der Waals surface area contributed by atoms with Crippen molar-refractivity contribution < 1.29 is 5.11 Å². The highest BCUT2D eigenvalue weighted by molar-refractivity contribution is 7.76. The molecule has 5 unspecified atom stereocenters. The summed E-state index contributed by atoms with van der Waals surface area (Å²) in [5, 5.41) is 10.8. The van der Waals surface area contributed by atoms with Gasteiger partial charge in [-0.2, -0.15) is 0 Å². The molecule has 3 rings (SSSR count). The second-order valence-corrected chi connectivity index (χ2v) is 14.4. The molecule has 1 N–H and O–H groups in total. The smallest absolute Gasteiger partial charge is 0.0803 e. The fourth-order valence-electron chi connectivity index (χ4n) is 5.86. The largest absolute Gasteiger partial charge is 0.393 e. The van der Waals surface area contributed by atoms with Crippen LogP contribution in [0.4, 0.5) is 0 Å². The van der Waals surface area contributed by atoms with Crippen LogP contribution in [0.5, 0.6) is 0 Å². The van der Waals surface area contributed by atoms with E-state index in [4.69, 9.17) is 0 Å². The summed E-state index contributed by atoms with van der Waals surface area (Å²) >= 11 is 0. The van der Waals surface area contributed by atoms with Crippen molar-refractivity contribution in [2.75, 3.05) is 19.0 Å². The third-order valence-corrected chi connectivity index (χ3v) is 14.1. The molecule has 0 radical (unpaired) electrons. The van der Waals surface area contributed by atoms with Gasteiger partial charge in [0.25, 0.3) is 0 Å². The van der Waals surface area contributed by atoms with Gasteiger partial charge < -0.3 is 5.11 Å². The number of allylic oxidation sites excluding steroid dienone is 1. The van der Waals surface area contributed by atoms with Crippen LogP contribution in [0.15, 0.2) is 11.6 Å². The van der Waals surface area contributed by atoms with Gasteiger partial charge in [0.1, 0.15) is 0 Å². The van der Waals surface area contributed by atoms with E-state index in [0.717, 1.165) is 18.8 Å². The van der Waals surface area contributed by atoms with Crippen LogP contribution < -0.4 is 0 Å². The van der Waals surface area contributed by atoms with Gasteiger partial charge in [0.2, 0.25) is 0 Å². The van der Waals surface area contributed by atoms with Crippen LogP contribution in [0.1, 0.15) is 78.6 Å². The summed E-state index contributed by atoms with van der Waals surface area (Å²) in [6.07, 6.45) is 17.1. The summed E-state index contributed by atoms with van der Waals surface area (Å²) in [4.78, 5) is 0. The van der Waals surface area contributed by atoms with E-state index in [1.54, 1.807) is 5.57 Å². The lowest BCUT2D eigenvalue weighted by Gasteiger charge is -2.48. The molecule has 1 saturated carbocycles. The Hall–Kier alpha value is 0.130. The number of fused-ring (bicyclic) bond motifs is 5. The molecule has 1 saturated heterocycles. The summed E-state index contributed by atoms with van der Waals surface area (Å²) < 4.78 is 0. The average molecular weight is 338 g/mol. The summed E-state index contributed by atoms with van der Waals surface area (Å²) in [7, 11) is -0.866. The first kappa shape index (κ1) is 17.9. The molecule has 2 heteroatoms. The third-order valence-electron chi connectivity index (χ3n) is 8.36. The van der Waals surface area contributed by atoms with Crippen molar-refractivity contribution in [3.05, 3.63) is 11.6 Å². The molecule has 3 aliphatic rings. The van der Waals surface area contributed by atoms with Crippen molar-refractivity contribution in [1.82, 2.24) is 0 Å². The number of aliphatic hydroxyl groups is 1. The topological polar surface area (TPSA) is 20.2 Å². The van der Waals surface area contributed by atoms with Crippen LogP contribution in [-0.2, 0) is 0 Å². The van der Waals surface area contributed by atoms with E-state index in [0.29, 0.717) is 10.6 Å². The Kier molecular flexibility index (Phi) is 5.03. The van der Waals surface area contributed by atoms with Crippen molar-refractivity contribution in [3.63, 3.8) is 0 Å². The first-order valence-corrected chi connectivity index (χ1v) is 12.7. The highest BCUT2D eigenvalue weighted by atomic mass is 31.2. The summed E-state index contributed by atoms with van der Waals surface area (Å²) in [6, 6.07) is 0. The zero-order valence-electron chi connectivity index (χ0n) is 15.9. The summed E-state index contributed by atoms with van der Waals surface area (Å²) in [5.41, 5.74) is 2.00. The molecule has 132 valence electrons. The normalized spacial score (nSPS) is 50.6. The lowest BCUT2D eigenvalue weighted by Crippen LogP contribution is -2.40. The number of rotatable bonds is 1. The van der Waals surface area contributed by atoms with E-state index in [1.807, 2.05) is 0 Å². The zero-order valence-corrected chi connectivity index (χ0v) is 16.8. The van der Waals surface area contributed by atoms with Gasteiger partial charge in [-0.3, -0.25) is 0 Å². The van der Waals surface area contributed by atoms with E-state index < -0.39 is 7.26 Å². The minimum absolute atomic E-state index is 0.0851. The maximum absolute atomic E-state index is 10.3. The number of aliphatic hydroxyl groups excluding tert-OH is 1. The predicted molar refractivity (Wildman–Crippen MR) is 104 cm³/mol. The lowest BCUT2D eigenvalue weighted by atomic mass is 9.59. The van der Waals surface area contributed by atoms with Gasteiger partial charge in [-0.15, -0.1) is 0 Å². The Morgan fingerprint density at radius 1 is 1.17 bits per heavy atom. The molecular weight excluding hydrogens is 299 g/mol. The minimum Gasteiger partial charge on any atom is -0.393 e. The molecule has 0 aromatic carbocycles. The van der Waals surface area contributed by atoms with Crippen LogP contribution in [-0.4, -0.2) is 35.4 Å². The monoisotopic (exact) mass is 337 g/mol. The van der Waals surface area contributed by atoms with Crippen LogP contribution in [0.25, 0.3) is 0 Å². The SMILES string of the molecule is CC[P+]1(C)CCCCC2CCC1(C)C/C=C1/CC(O)CCC12C. The molecule has 2 aliphatic carbocycles. The van der Waals surface area contributed by atoms with Gasteiger partial charge in [0.05, 0.1) is 23.6 Å². The molecule has 1 aliphatic heterocycles. The van der Waals surface area contributed by atoms with Gasteiger partial charge in [0.15, 0.2) is 0 Å². The van der Waals surface area contributed by atoms with Crippen LogP contribution in [0, 0.1) is 11.3 Å². The average Bonchev–Trinajstić information content (AvgIpc) is 2.58. The van der Waals surface area contributed by atoms with Gasteiger partial charge in [-0.25, -0.2) is 0 Å². The van der Waals surface area contributed by atoms with Gasteiger partial charge >= 0.3 is 0 Å². The Morgan fingerprint density at radius 2 is 1.96 bits per heavy atom. The highest BCUT2D eigenvalue weighted by Gasteiger charge is 2.52. The summed E-state index contributed by atoms with van der Waals surface area (Å²) in [5.74, 6) is 0.851. The predicted octanol–water partition coefficient (Wildman–Crippen LogP) is 5.87. The highest BCUT2D eigenvalue weighted by Crippen LogP contribution is 2.71. The Bertz CT molecular complexity index is 472. The van der Waals surface area contributed by atoms with Crippen LogP contribution in [0.3, 0.4) is 0 Å². The molecule has 0 aromatic heterocycles. The first-order valence-electron chi connectivity index (χ1n) is 10.1. The fourth-order valence-corrected chi connectivity index (χ4v) is 9.60. The quantitative estimate of drug-likeness (QED) is 0.468. The molecule has 2 bridgehead atoms. The second-order valence-electron chi connectivity index (χ2n) is 9.41. The molecule has 0 spiro atoms. The van der Waals surface area contributed by atoms with Crippen LogP contribution >= 0.6 is 7.26 Å². The minimum atomic E-state index is -0.866. The molecule has 2 fully saturated rings. The molecule has 5 atom stereocenters. The van der Waals surface area contributed by atoms with Gasteiger partial charge in [0, 0.05) is 20.3 Å². The van der Waals surface area contributed by atoms with E-state index in [-0.39, 0.29) is 6.10 Å². The van der Waals surface area contributed by atoms with Gasteiger partial charge in [-0.1, -0.05) is 18.6 Å². The second kappa shape index (κ2) is 6.45. The molecule has 1 heterocycles. The standard InChI is InChI=1S/C21H38OP/c1-5-23(4)15-7-6-8-17-9-12-20(23,2)13-10-18-16-19(22)11-14-21(17,18)3/h10,17,19,22H,5-9,11-16H2,1-4H3/q+1/b18-10-. The lowest BCUT2D eigenvalue weighted by molar-refractivity contribution is 0.0724. The number of hydrogen-bond donors (Lipinski definition) is 1. The van der Waals surface area contributed by atoms with Crippen molar-refractivity contribution in [2.45, 2.75) is 89.8 Å². The van der Waals surface area contributed by atoms with Crippen LogP contribution in [0.2, 0.25) is 0 Å². The molecule has 23 heavy (non-hydrogen) atoms. The van der Waals surface area contributed by atoms with E-state index in [2.05, 4.69) is 33.5 Å². The van der Waals surface area contributed by atoms with Crippen molar-refractivity contribution >= 4 is 7.26 Å². The molecule has 0 amide bonds. The van der Waals surface area contributed by atoms with Crippen molar-refractivity contribution in [2.24, 2.45) is 11.3 Å². The first-order chi connectivity index (χ1) is 10.8. The third kappa shape index (κ3) is 3.06. The Labute approximate surface area is 144 Å². The maximum Gasteiger partial charge on any atom is 0.0803 e. The maximum atomic E-state index is 10.3. The van der Waals surface area contributed by atoms with E-state index in [9.17, 15) is 5.11 Å². The van der Waals surface area contributed by atoms with Gasteiger partial charge in [-0.05, 0) is 76.5 Å². The molecule has 0 aromatic rings. The molecular formula is C21H38OP+. The van der Waals surface area contributed by atoms with E-state index >= 15 is 0 Å². The van der Waals surface area contributed by atoms with Crippen molar-refractivity contribution in [3.8, 4) is 0 Å².